The highest BCUT2D eigenvalue weighted by Gasteiger charge is 2.35. The van der Waals surface area contributed by atoms with Gasteiger partial charge in [-0.1, -0.05) is 36.4 Å². The predicted octanol–water partition coefficient (Wildman–Crippen LogP) is 3.93. The van der Waals surface area contributed by atoms with Crippen molar-refractivity contribution in [3.63, 3.8) is 0 Å². The molecule has 0 spiro atoms. The Bertz CT molecular complexity index is 1550. The molecule has 1 fully saturated rings. The van der Waals surface area contributed by atoms with E-state index in [0.717, 1.165) is 25.1 Å². The maximum absolute atomic E-state index is 13.3. The van der Waals surface area contributed by atoms with E-state index >= 15 is 0 Å². The van der Waals surface area contributed by atoms with Crippen LogP contribution >= 0.6 is 0 Å². The Morgan fingerprint density at radius 2 is 1.79 bits per heavy atom. The number of piperidine rings is 1. The molecule has 0 radical (unpaired) electrons. The molecule has 0 bridgehead atoms. The molecule has 0 aliphatic carbocycles. The van der Waals surface area contributed by atoms with Gasteiger partial charge in [-0.15, -0.1) is 0 Å². The molecule has 0 atom stereocenters. The summed E-state index contributed by atoms with van der Waals surface area (Å²) in [6, 6.07) is 22.0. The van der Waals surface area contributed by atoms with Crippen LogP contribution in [0.2, 0.25) is 0 Å². The summed E-state index contributed by atoms with van der Waals surface area (Å²) in [5.41, 5.74) is 4.88. The second-order valence-corrected chi connectivity index (χ2v) is 10.7. The van der Waals surface area contributed by atoms with E-state index in [0.29, 0.717) is 42.4 Å². The van der Waals surface area contributed by atoms with Crippen molar-refractivity contribution >= 4 is 22.5 Å². The molecule has 6 rings (SSSR count). The van der Waals surface area contributed by atoms with E-state index in [4.69, 9.17) is 0 Å². The number of hydrogen-bond donors (Lipinski definition) is 1. The Labute approximate surface area is 222 Å². The molecule has 1 N–H and O–H groups in total. The third-order valence-corrected chi connectivity index (χ3v) is 7.96. The number of nitrogens with zero attached hydrogens (tertiary/aromatic N) is 4. The molecule has 1 saturated heterocycles. The molecule has 7 heteroatoms. The molecule has 7 nitrogen and oxygen atoms in total. The average molecular weight is 509 g/mol. The van der Waals surface area contributed by atoms with Gasteiger partial charge < -0.3 is 14.9 Å². The Balaban J connectivity index is 1.11. The molecule has 1 amide bonds. The lowest BCUT2D eigenvalue weighted by molar-refractivity contribution is -0.0299. The van der Waals surface area contributed by atoms with Crippen LogP contribution in [-0.4, -0.2) is 50.7 Å². The highest BCUT2D eigenvalue weighted by molar-refractivity contribution is 5.95. The number of anilines is 1. The van der Waals surface area contributed by atoms with Gasteiger partial charge in [0, 0.05) is 37.4 Å². The monoisotopic (exact) mass is 508 g/mol. The molecule has 0 unspecified atom stereocenters. The van der Waals surface area contributed by atoms with Crippen LogP contribution in [0.1, 0.15) is 39.9 Å². The van der Waals surface area contributed by atoms with Crippen LogP contribution in [0.25, 0.3) is 10.9 Å². The number of rotatable bonds is 5. The van der Waals surface area contributed by atoms with Crippen molar-refractivity contribution < 1.29 is 9.90 Å². The van der Waals surface area contributed by atoms with Gasteiger partial charge in [-0.2, -0.15) is 0 Å². The maximum Gasteiger partial charge on any atom is 0.261 e. The molecule has 2 aliphatic heterocycles. The van der Waals surface area contributed by atoms with Gasteiger partial charge in [-0.25, -0.2) is 4.98 Å². The minimum atomic E-state index is -1.06. The molecule has 1 aromatic heterocycles. The first-order valence-corrected chi connectivity index (χ1v) is 13.3. The summed E-state index contributed by atoms with van der Waals surface area (Å²) < 4.78 is 1.50. The van der Waals surface area contributed by atoms with Crippen molar-refractivity contribution in [2.75, 3.05) is 24.5 Å². The van der Waals surface area contributed by atoms with Gasteiger partial charge >= 0.3 is 0 Å². The average Bonchev–Trinajstić information content (AvgIpc) is 3.32. The Morgan fingerprint density at radius 1 is 1.00 bits per heavy atom. The third kappa shape index (κ3) is 4.70. The van der Waals surface area contributed by atoms with Gasteiger partial charge in [0.1, 0.15) is 0 Å². The van der Waals surface area contributed by atoms with Crippen LogP contribution in [0, 0.1) is 6.92 Å². The summed E-state index contributed by atoms with van der Waals surface area (Å²) in [5.74, 6) is -0.00346. The molecular formula is C31H32N4O3. The second kappa shape index (κ2) is 9.72. The molecule has 4 aromatic rings. The van der Waals surface area contributed by atoms with Gasteiger partial charge in [0.15, 0.2) is 0 Å². The maximum atomic E-state index is 13.3. The van der Waals surface area contributed by atoms with Crippen LogP contribution in [0.5, 0.6) is 0 Å². The van der Waals surface area contributed by atoms with Gasteiger partial charge in [0.05, 0.1) is 29.4 Å². The lowest BCUT2D eigenvalue weighted by Crippen LogP contribution is -2.49. The zero-order valence-corrected chi connectivity index (χ0v) is 21.6. The van der Waals surface area contributed by atoms with Crippen molar-refractivity contribution in [1.82, 2.24) is 14.5 Å². The largest absolute Gasteiger partial charge is 0.388 e. The number of fused-ring (bicyclic) bond motifs is 2. The number of aromatic nitrogens is 2. The van der Waals surface area contributed by atoms with Crippen LogP contribution < -0.4 is 10.5 Å². The molecule has 2 aliphatic rings. The minimum Gasteiger partial charge on any atom is -0.388 e. The fourth-order valence-corrected chi connectivity index (χ4v) is 5.74. The number of hydrogen-bond acceptors (Lipinski definition) is 5. The minimum absolute atomic E-state index is 0.00346. The number of carbonyl (C=O) groups excluding carboxylic acids is 1. The highest BCUT2D eigenvalue weighted by atomic mass is 16.3. The molecule has 3 heterocycles. The summed E-state index contributed by atoms with van der Waals surface area (Å²) in [4.78, 5) is 34.9. The zero-order chi connectivity index (χ0) is 26.3. The van der Waals surface area contributed by atoms with E-state index in [1.165, 1.54) is 27.7 Å². The summed E-state index contributed by atoms with van der Waals surface area (Å²) in [5, 5.41) is 11.8. The Hall–Kier alpha value is -3.97. The van der Waals surface area contributed by atoms with Gasteiger partial charge in [0.2, 0.25) is 0 Å². The number of aliphatic hydroxyl groups is 1. The van der Waals surface area contributed by atoms with Crippen LogP contribution in [0.4, 0.5) is 5.69 Å². The van der Waals surface area contributed by atoms with E-state index < -0.39 is 5.60 Å². The number of carbonyl (C=O) groups is 1. The fourth-order valence-electron chi connectivity index (χ4n) is 5.74. The van der Waals surface area contributed by atoms with E-state index in [2.05, 4.69) is 40.2 Å². The third-order valence-electron chi connectivity index (χ3n) is 7.96. The van der Waals surface area contributed by atoms with Crippen LogP contribution in [-0.2, 0) is 19.5 Å². The highest BCUT2D eigenvalue weighted by Crippen LogP contribution is 2.31. The van der Waals surface area contributed by atoms with Gasteiger partial charge in [-0.05, 0) is 73.2 Å². The van der Waals surface area contributed by atoms with Gasteiger partial charge in [0.25, 0.3) is 11.5 Å². The van der Waals surface area contributed by atoms with Crippen molar-refractivity contribution in [2.45, 2.75) is 44.9 Å². The lowest BCUT2D eigenvalue weighted by atomic mass is 9.90. The molecule has 38 heavy (non-hydrogen) atoms. The Morgan fingerprint density at radius 3 is 2.58 bits per heavy atom. The first-order valence-electron chi connectivity index (χ1n) is 13.3. The topological polar surface area (TPSA) is 78.7 Å². The van der Waals surface area contributed by atoms with E-state index in [1.54, 1.807) is 6.07 Å². The number of aryl methyl sites for hydroxylation is 1. The quantitative estimate of drug-likeness (QED) is 0.442. The van der Waals surface area contributed by atoms with Crippen molar-refractivity contribution in [3.8, 4) is 0 Å². The van der Waals surface area contributed by atoms with Gasteiger partial charge in [-0.3, -0.25) is 14.2 Å². The van der Waals surface area contributed by atoms with Crippen LogP contribution in [0.3, 0.4) is 0 Å². The first-order chi connectivity index (χ1) is 18.4. The number of likely N-dealkylation sites (tertiary alicyclic amines) is 1. The van der Waals surface area contributed by atoms with Crippen molar-refractivity contribution in [3.05, 3.63) is 106 Å². The zero-order valence-electron chi connectivity index (χ0n) is 21.6. The summed E-state index contributed by atoms with van der Waals surface area (Å²) in [7, 11) is 0. The van der Waals surface area contributed by atoms with Crippen molar-refractivity contribution in [2.24, 2.45) is 0 Å². The predicted molar refractivity (Wildman–Crippen MR) is 148 cm³/mol. The smallest absolute Gasteiger partial charge is 0.261 e. The van der Waals surface area contributed by atoms with Crippen molar-refractivity contribution in [1.29, 1.82) is 0 Å². The normalized spacial score (nSPS) is 16.6. The lowest BCUT2D eigenvalue weighted by Gasteiger charge is -2.38. The molecule has 3 aromatic carbocycles. The first kappa shape index (κ1) is 24.4. The Kier molecular flexibility index (Phi) is 6.24. The molecular weight excluding hydrogens is 476 g/mol. The molecule has 194 valence electrons. The van der Waals surface area contributed by atoms with E-state index in [-0.39, 0.29) is 18.0 Å². The van der Waals surface area contributed by atoms with E-state index in [1.807, 2.05) is 42.2 Å². The summed E-state index contributed by atoms with van der Waals surface area (Å²) >= 11 is 0. The standard InChI is InChI=1S/C31H32N4O3/c1-22-7-9-26-27(17-22)32-21-35(30(26)37)20-31(38)12-15-33(16-13-31)29(36)25-8-10-28-24(18-25)11-14-34(28)19-23-5-3-2-4-6-23/h2-10,17-18,21,38H,11-16,19-20H2,1H3. The fraction of sp³-hybridized carbons (Fsp3) is 0.323. The number of benzene rings is 3. The number of amides is 1. The second-order valence-electron chi connectivity index (χ2n) is 10.7. The summed E-state index contributed by atoms with van der Waals surface area (Å²) in [6.45, 7) is 4.83. The van der Waals surface area contributed by atoms with E-state index in [9.17, 15) is 14.7 Å². The molecule has 0 saturated carbocycles. The van der Waals surface area contributed by atoms with Crippen LogP contribution in [0.15, 0.2) is 77.9 Å². The SMILES string of the molecule is Cc1ccc2c(=O)n(CC3(O)CCN(C(=O)c4ccc5c(c4)CCN5Cc4ccccc4)CC3)cnc2c1. The summed E-state index contributed by atoms with van der Waals surface area (Å²) in [6.07, 6.45) is 3.27.